The van der Waals surface area contributed by atoms with E-state index >= 15 is 0 Å². The molecule has 5 N–H and O–H groups in total. The van der Waals surface area contributed by atoms with Gasteiger partial charge in [0, 0.05) is 49.5 Å². The summed E-state index contributed by atoms with van der Waals surface area (Å²) in [6.45, 7) is 3.22. The lowest BCUT2D eigenvalue weighted by molar-refractivity contribution is 0.0966. The Hall–Kier alpha value is -3.52. The SMILES string of the molecule is N[C@@H]1CCCC[C@@H]1Nc1cc2c(c(Nc3ncc(-c4coc5c(=O)cc(N6CCOCC6)sc45)s3)n1)C(=O)NC2. The van der Waals surface area contributed by atoms with Crippen LogP contribution in [-0.4, -0.2) is 54.3 Å². The Morgan fingerprint density at radius 2 is 1.98 bits per heavy atom. The molecule has 0 aromatic carbocycles. The highest BCUT2D eigenvalue weighted by atomic mass is 32.1. The average molecular weight is 580 g/mol. The molecule has 0 spiro atoms. The quantitative estimate of drug-likeness (QED) is 0.265. The highest BCUT2D eigenvalue weighted by molar-refractivity contribution is 7.23. The van der Waals surface area contributed by atoms with Crippen molar-refractivity contribution < 1.29 is 13.9 Å². The number of pyridine rings is 1. The maximum absolute atomic E-state index is 12.8. The highest BCUT2D eigenvalue weighted by Crippen LogP contribution is 2.40. The Bertz CT molecular complexity index is 1640. The van der Waals surface area contributed by atoms with E-state index in [9.17, 15) is 9.59 Å². The van der Waals surface area contributed by atoms with Crippen molar-refractivity contribution >= 4 is 60.6 Å². The first kappa shape index (κ1) is 25.4. The topological polar surface area (TPSA) is 148 Å². The number of rotatable bonds is 6. The Morgan fingerprint density at radius 3 is 2.83 bits per heavy atom. The number of nitrogens with two attached hydrogens (primary N) is 1. The lowest BCUT2D eigenvalue weighted by Crippen LogP contribution is -2.42. The number of morpholine rings is 1. The Balaban J connectivity index is 1.19. The minimum Gasteiger partial charge on any atom is -0.459 e. The fourth-order valence-corrected chi connectivity index (χ4v) is 7.63. The van der Waals surface area contributed by atoms with Crippen LogP contribution in [0.4, 0.5) is 21.8 Å². The van der Waals surface area contributed by atoms with Crippen LogP contribution in [0.25, 0.3) is 20.7 Å². The molecule has 2 atom stereocenters. The lowest BCUT2D eigenvalue weighted by Gasteiger charge is -2.30. The van der Waals surface area contributed by atoms with E-state index in [2.05, 4.69) is 25.8 Å². The number of nitrogens with one attached hydrogen (secondary N) is 3. The van der Waals surface area contributed by atoms with Crippen molar-refractivity contribution in [1.29, 1.82) is 0 Å². The second-order valence-electron chi connectivity index (χ2n) is 10.3. The highest BCUT2D eigenvalue weighted by Gasteiger charge is 2.28. The summed E-state index contributed by atoms with van der Waals surface area (Å²) in [5, 5.41) is 11.2. The number of fused-ring (bicyclic) bond motifs is 2. The van der Waals surface area contributed by atoms with Crippen LogP contribution in [0, 0.1) is 0 Å². The fourth-order valence-electron chi connectivity index (χ4n) is 5.55. The van der Waals surface area contributed by atoms with E-state index in [1.807, 2.05) is 6.07 Å². The van der Waals surface area contributed by atoms with E-state index in [0.29, 0.717) is 47.7 Å². The first-order valence-corrected chi connectivity index (χ1v) is 15.1. The summed E-state index contributed by atoms with van der Waals surface area (Å²) in [4.78, 5) is 37.9. The van der Waals surface area contributed by atoms with E-state index < -0.39 is 0 Å². The molecule has 2 fully saturated rings. The molecule has 1 amide bonds. The van der Waals surface area contributed by atoms with Crippen molar-refractivity contribution in [3.63, 3.8) is 0 Å². The van der Waals surface area contributed by atoms with E-state index in [4.69, 9.17) is 19.9 Å². The summed E-state index contributed by atoms with van der Waals surface area (Å²) in [7, 11) is 0. The van der Waals surface area contributed by atoms with Gasteiger partial charge < -0.3 is 35.7 Å². The molecule has 0 unspecified atom stereocenters. The predicted molar refractivity (Wildman–Crippen MR) is 157 cm³/mol. The van der Waals surface area contributed by atoms with Gasteiger partial charge in [-0.1, -0.05) is 24.2 Å². The average Bonchev–Trinajstić information content (AvgIpc) is 3.69. The van der Waals surface area contributed by atoms with Gasteiger partial charge in [0.1, 0.15) is 17.9 Å². The Morgan fingerprint density at radius 1 is 1.12 bits per heavy atom. The monoisotopic (exact) mass is 579 g/mol. The first-order valence-electron chi connectivity index (χ1n) is 13.5. The standard InChI is InChI=1S/C27H29N7O4S2/c28-16-3-1-2-4-17(16)31-20-9-14-11-29-26(36)22(14)25(32-20)33-27-30-12-19(39-27)15-13-38-23-18(35)10-21(40-24(15)23)34-5-7-37-8-6-34/h9-10,12-13,16-17H,1-8,11,28H2,(H,29,36)(H2,30,31,32,33)/t16-,17+/m1/s1. The zero-order valence-corrected chi connectivity index (χ0v) is 23.3. The molecule has 6 heterocycles. The molecular formula is C27H29N7O4S2. The Kier molecular flexibility index (Phi) is 6.66. The summed E-state index contributed by atoms with van der Waals surface area (Å²) < 4.78 is 12.0. The lowest BCUT2D eigenvalue weighted by atomic mass is 9.91. The summed E-state index contributed by atoms with van der Waals surface area (Å²) in [5.41, 5.74) is 8.78. The molecule has 7 rings (SSSR count). The van der Waals surface area contributed by atoms with Crippen molar-refractivity contribution in [3.05, 3.63) is 45.9 Å². The minimum atomic E-state index is -0.163. The third-order valence-corrected chi connectivity index (χ3v) is 9.81. The van der Waals surface area contributed by atoms with Gasteiger partial charge in [-0.3, -0.25) is 9.59 Å². The molecule has 40 heavy (non-hydrogen) atoms. The van der Waals surface area contributed by atoms with Gasteiger partial charge in [0.15, 0.2) is 10.7 Å². The van der Waals surface area contributed by atoms with Crippen LogP contribution < -0.4 is 32.0 Å². The molecule has 11 nitrogen and oxygen atoms in total. The molecule has 13 heteroatoms. The maximum atomic E-state index is 12.8. The zero-order chi connectivity index (χ0) is 27.2. The smallest absolute Gasteiger partial charge is 0.255 e. The first-order chi connectivity index (χ1) is 19.5. The molecule has 0 bridgehead atoms. The molecule has 1 aliphatic carbocycles. The normalized spacial score (nSPS) is 20.9. The van der Waals surface area contributed by atoms with Crippen LogP contribution in [0.2, 0.25) is 0 Å². The van der Waals surface area contributed by atoms with Gasteiger partial charge in [-0.15, -0.1) is 11.3 Å². The number of anilines is 4. The summed E-state index contributed by atoms with van der Waals surface area (Å²) >= 11 is 2.95. The number of amides is 1. The molecular weight excluding hydrogens is 550 g/mol. The molecule has 4 aromatic rings. The van der Waals surface area contributed by atoms with Crippen molar-refractivity contribution in [3.8, 4) is 10.4 Å². The number of nitrogens with zero attached hydrogens (tertiary/aromatic N) is 3. The van der Waals surface area contributed by atoms with Crippen molar-refractivity contribution in [2.24, 2.45) is 5.73 Å². The molecule has 208 valence electrons. The van der Waals surface area contributed by atoms with Crippen LogP contribution in [0.15, 0.2) is 33.8 Å². The minimum absolute atomic E-state index is 0.0748. The van der Waals surface area contributed by atoms with Gasteiger partial charge in [0.25, 0.3) is 5.91 Å². The van der Waals surface area contributed by atoms with Crippen LogP contribution in [-0.2, 0) is 11.3 Å². The molecule has 1 saturated carbocycles. The number of aromatic nitrogens is 2. The van der Waals surface area contributed by atoms with Gasteiger partial charge in [-0.2, -0.15) is 0 Å². The second-order valence-corrected chi connectivity index (χ2v) is 12.3. The molecule has 4 aromatic heterocycles. The van der Waals surface area contributed by atoms with Crippen molar-refractivity contribution in [2.45, 2.75) is 44.3 Å². The van der Waals surface area contributed by atoms with Crippen LogP contribution >= 0.6 is 22.7 Å². The third kappa shape index (κ3) is 4.72. The zero-order valence-electron chi connectivity index (χ0n) is 21.7. The Labute approximate surface area is 237 Å². The largest absolute Gasteiger partial charge is 0.459 e. The summed E-state index contributed by atoms with van der Waals surface area (Å²) in [6, 6.07) is 3.79. The molecule has 2 aliphatic heterocycles. The van der Waals surface area contributed by atoms with Gasteiger partial charge in [0.2, 0.25) is 5.43 Å². The van der Waals surface area contributed by atoms with E-state index in [-0.39, 0.29) is 23.4 Å². The van der Waals surface area contributed by atoms with Crippen molar-refractivity contribution in [1.82, 2.24) is 15.3 Å². The number of furan rings is 1. The van der Waals surface area contributed by atoms with Gasteiger partial charge in [0.05, 0.1) is 33.4 Å². The van der Waals surface area contributed by atoms with Crippen molar-refractivity contribution in [2.75, 3.05) is 41.8 Å². The number of hydrogen-bond acceptors (Lipinski definition) is 12. The molecule has 0 radical (unpaired) electrons. The number of hydrogen-bond donors (Lipinski definition) is 4. The molecule has 3 aliphatic rings. The van der Waals surface area contributed by atoms with Crippen LogP contribution in [0.5, 0.6) is 0 Å². The van der Waals surface area contributed by atoms with E-state index in [1.54, 1.807) is 18.5 Å². The molecule has 1 saturated heterocycles. The number of thiazole rings is 1. The van der Waals surface area contributed by atoms with Gasteiger partial charge >= 0.3 is 0 Å². The second kappa shape index (κ2) is 10.5. The number of carbonyl (C=O) groups is 1. The summed E-state index contributed by atoms with van der Waals surface area (Å²) in [5.74, 6) is 0.985. The van der Waals surface area contributed by atoms with Crippen LogP contribution in [0.3, 0.4) is 0 Å². The fraction of sp³-hybridized carbons (Fsp3) is 0.407. The van der Waals surface area contributed by atoms with Crippen LogP contribution in [0.1, 0.15) is 41.6 Å². The van der Waals surface area contributed by atoms with E-state index in [1.165, 1.54) is 22.7 Å². The summed E-state index contributed by atoms with van der Waals surface area (Å²) in [6.07, 6.45) is 7.62. The van der Waals surface area contributed by atoms with E-state index in [0.717, 1.165) is 64.5 Å². The maximum Gasteiger partial charge on any atom is 0.255 e. The van der Waals surface area contributed by atoms with Gasteiger partial charge in [-0.05, 0) is 24.5 Å². The number of ether oxygens (including phenoxy) is 1. The third-order valence-electron chi connectivity index (χ3n) is 7.67. The number of carbonyl (C=O) groups excluding carboxylic acids is 1. The predicted octanol–water partition coefficient (Wildman–Crippen LogP) is 3.88. The van der Waals surface area contributed by atoms with Gasteiger partial charge in [-0.25, -0.2) is 9.97 Å².